The summed E-state index contributed by atoms with van der Waals surface area (Å²) in [5, 5.41) is 3.25. The Morgan fingerprint density at radius 3 is 2.87 bits per heavy atom. The Balaban J connectivity index is 2.05. The maximum Gasteiger partial charge on any atom is 0.282 e. The predicted molar refractivity (Wildman–Crippen MR) is 53.0 cm³/mol. The van der Waals surface area contributed by atoms with Crippen LogP contribution in [0.1, 0.15) is 30.1 Å². The van der Waals surface area contributed by atoms with E-state index >= 15 is 0 Å². The minimum Gasteiger partial charge on any atom is -0.346 e. The summed E-state index contributed by atoms with van der Waals surface area (Å²) in [6, 6.07) is 0. The summed E-state index contributed by atoms with van der Waals surface area (Å²) in [5.74, 6) is 1.22. The lowest BCUT2D eigenvalue weighted by molar-refractivity contribution is 0.145. The van der Waals surface area contributed by atoms with Crippen molar-refractivity contribution in [1.82, 2.24) is 15.3 Å². The van der Waals surface area contributed by atoms with Gasteiger partial charge in [-0.2, -0.15) is 0 Å². The molecule has 0 aliphatic carbocycles. The standard InChI is InChI=1S/C10H15F2N3/c1-6-9(10(11)12)15-8(14-6)4-7-2-3-13-5-7/h7,10,13H,2-5H2,1H3,(H,14,15). The second-order valence-electron chi connectivity index (χ2n) is 4.06. The molecule has 3 nitrogen and oxygen atoms in total. The van der Waals surface area contributed by atoms with Crippen molar-refractivity contribution in [2.24, 2.45) is 5.92 Å². The third-order valence-electron chi connectivity index (χ3n) is 2.82. The lowest BCUT2D eigenvalue weighted by Crippen LogP contribution is -2.11. The molecule has 0 radical (unpaired) electrons. The number of aryl methyl sites for hydroxylation is 1. The SMILES string of the molecule is Cc1[nH]c(CC2CCNC2)nc1C(F)F. The zero-order valence-electron chi connectivity index (χ0n) is 8.69. The zero-order valence-corrected chi connectivity index (χ0v) is 8.69. The van der Waals surface area contributed by atoms with E-state index in [1.807, 2.05) is 0 Å². The Labute approximate surface area is 87.3 Å². The summed E-state index contributed by atoms with van der Waals surface area (Å²) in [7, 11) is 0. The first-order valence-electron chi connectivity index (χ1n) is 5.21. The summed E-state index contributed by atoms with van der Waals surface area (Å²) >= 11 is 0. The lowest BCUT2D eigenvalue weighted by Gasteiger charge is -2.04. The van der Waals surface area contributed by atoms with Crippen LogP contribution in [0, 0.1) is 12.8 Å². The first-order valence-corrected chi connectivity index (χ1v) is 5.21. The number of imidazole rings is 1. The number of hydrogen-bond acceptors (Lipinski definition) is 2. The van der Waals surface area contributed by atoms with E-state index in [-0.39, 0.29) is 5.69 Å². The average Bonchev–Trinajstić information content (AvgIpc) is 2.75. The fourth-order valence-corrected chi connectivity index (χ4v) is 2.01. The highest BCUT2D eigenvalue weighted by molar-refractivity contribution is 5.14. The molecule has 1 aliphatic rings. The van der Waals surface area contributed by atoms with Crippen molar-refractivity contribution in [1.29, 1.82) is 0 Å². The van der Waals surface area contributed by atoms with Gasteiger partial charge in [0.1, 0.15) is 11.5 Å². The van der Waals surface area contributed by atoms with E-state index < -0.39 is 6.43 Å². The first kappa shape index (κ1) is 10.5. The highest BCUT2D eigenvalue weighted by Crippen LogP contribution is 2.21. The van der Waals surface area contributed by atoms with E-state index in [4.69, 9.17) is 0 Å². The average molecular weight is 215 g/mol. The van der Waals surface area contributed by atoms with Gasteiger partial charge in [0.25, 0.3) is 6.43 Å². The summed E-state index contributed by atoms with van der Waals surface area (Å²) < 4.78 is 24.9. The molecule has 0 amide bonds. The molecule has 5 heteroatoms. The van der Waals surface area contributed by atoms with Crippen molar-refractivity contribution < 1.29 is 8.78 Å². The fourth-order valence-electron chi connectivity index (χ4n) is 2.01. The smallest absolute Gasteiger partial charge is 0.282 e. The van der Waals surface area contributed by atoms with Gasteiger partial charge in [-0.1, -0.05) is 0 Å². The van der Waals surface area contributed by atoms with Crippen molar-refractivity contribution in [2.45, 2.75) is 26.2 Å². The number of alkyl halides is 2. The summed E-state index contributed by atoms with van der Waals surface area (Å²) in [4.78, 5) is 6.87. The van der Waals surface area contributed by atoms with Crippen LogP contribution in [0.4, 0.5) is 8.78 Å². The van der Waals surface area contributed by atoms with Crippen molar-refractivity contribution in [3.05, 3.63) is 17.2 Å². The highest BCUT2D eigenvalue weighted by atomic mass is 19.3. The molecule has 2 heterocycles. The normalized spacial score (nSPS) is 21.5. The quantitative estimate of drug-likeness (QED) is 0.807. The molecule has 1 unspecified atom stereocenters. The molecule has 1 atom stereocenters. The third-order valence-corrected chi connectivity index (χ3v) is 2.82. The number of aromatic nitrogens is 2. The molecule has 15 heavy (non-hydrogen) atoms. The van der Waals surface area contributed by atoms with Gasteiger partial charge in [0.15, 0.2) is 0 Å². The molecule has 0 aromatic carbocycles. The number of hydrogen-bond donors (Lipinski definition) is 2. The minimum absolute atomic E-state index is 0.101. The molecular weight excluding hydrogens is 200 g/mol. The molecule has 2 rings (SSSR count). The maximum absolute atomic E-state index is 12.5. The number of nitrogens with one attached hydrogen (secondary N) is 2. The van der Waals surface area contributed by atoms with Gasteiger partial charge in [0.2, 0.25) is 0 Å². The van der Waals surface area contributed by atoms with Crippen molar-refractivity contribution >= 4 is 0 Å². The molecule has 1 aromatic heterocycles. The van der Waals surface area contributed by atoms with Crippen LogP contribution in [0.15, 0.2) is 0 Å². The third kappa shape index (κ3) is 2.34. The van der Waals surface area contributed by atoms with Crippen molar-refractivity contribution in [3.8, 4) is 0 Å². The number of H-pyrrole nitrogens is 1. The zero-order chi connectivity index (χ0) is 10.8. The van der Waals surface area contributed by atoms with Gasteiger partial charge < -0.3 is 10.3 Å². The van der Waals surface area contributed by atoms with Crippen LogP contribution in [0.25, 0.3) is 0 Å². The second kappa shape index (κ2) is 4.26. The molecule has 1 fully saturated rings. The Morgan fingerprint density at radius 1 is 1.53 bits per heavy atom. The van der Waals surface area contributed by atoms with Crippen LogP contribution >= 0.6 is 0 Å². The largest absolute Gasteiger partial charge is 0.346 e. The first-order chi connectivity index (χ1) is 7.16. The second-order valence-corrected chi connectivity index (χ2v) is 4.06. The van der Waals surface area contributed by atoms with Gasteiger partial charge in [-0.3, -0.25) is 0 Å². The van der Waals surface area contributed by atoms with Gasteiger partial charge >= 0.3 is 0 Å². The monoisotopic (exact) mass is 215 g/mol. The summed E-state index contributed by atoms with van der Waals surface area (Å²) in [5.41, 5.74) is 0.391. The van der Waals surface area contributed by atoms with Gasteiger partial charge in [0.05, 0.1) is 0 Å². The molecule has 2 N–H and O–H groups in total. The van der Waals surface area contributed by atoms with E-state index in [1.54, 1.807) is 6.92 Å². The van der Waals surface area contributed by atoms with E-state index in [9.17, 15) is 8.78 Å². The van der Waals surface area contributed by atoms with Gasteiger partial charge in [-0.25, -0.2) is 13.8 Å². The minimum atomic E-state index is -2.48. The van der Waals surface area contributed by atoms with Crippen LogP contribution in [-0.4, -0.2) is 23.1 Å². The Hall–Kier alpha value is -0.970. The van der Waals surface area contributed by atoms with E-state index in [2.05, 4.69) is 15.3 Å². The molecule has 0 bridgehead atoms. The van der Waals surface area contributed by atoms with Crippen LogP contribution in [0.2, 0.25) is 0 Å². The van der Waals surface area contributed by atoms with Crippen LogP contribution in [0.5, 0.6) is 0 Å². The Morgan fingerprint density at radius 2 is 2.33 bits per heavy atom. The molecular formula is C10H15F2N3. The molecule has 84 valence electrons. The molecule has 0 saturated carbocycles. The van der Waals surface area contributed by atoms with Crippen LogP contribution in [0.3, 0.4) is 0 Å². The van der Waals surface area contributed by atoms with Gasteiger partial charge in [0, 0.05) is 12.1 Å². The predicted octanol–water partition coefficient (Wildman–Crippen LogP) is 1.81. The van der Waals surface area contributed by atoms with Crippen molar-refractivity contribution in [3.63, 3.8) is 0 Å². The van der Waals surface area contributed by atoms with Crippen LogP contribution < -0.4 is 5.32 Å². The highest BCUT2D eigenvalue weighted by Gasteiger charge is 2.20. The maximum atomic E-state index is 12.5. The van der Waals surface area contributed by atoms with E-state index in [0.29, 0.717) is 17.4 Å². The number of rotatable bonds is 3. The Bertz CT molecular complexity index is 329. The Kier molecular flexibility index (Phi) is 3.00. The van der Waals surface area contributed by atoms with E-state index in [1.165, 1.54) is 0 Å². The molecule has 1 saturated heterocycles. The van der Waals surface area contributed by atoms with Crippen LogP contribution in [-0.2, 0) is 6.42 Å². The fraction of sp³-hybridized carbons (Fsp3) is 0.700. The van der Waals surface area contributed by atoms with Crippen molar-refractivity contribution in [2.75, 3.05) is 13.1 Å². The number of aromatic amines is 1. The van der Waals surface area contributed by atoms with Gasteiger partial charge in [-0.05, 0) is 32.4 Å². The topological polar surface area (TPSA) is 40.7 Å². The summed E-state index contributed by atoms with van der Waals surface area (Å²) in [6.45, 7) is 3.63. The summed E-state index contributed by atoms with van der Waals surface area (Å²) in [6.07, 6.45) is -0.610. The molecule has 0 spiro atoms. The lowest BCUT2D eigenvalue weighted by atomic mass is 10.1. The molecule has 1 aromatic rings. The van der Waals surface area contributed by atoms with Gasteiger partial charge in [-0.15, -0.1) is 0 Å². The molecule has 1 aliphatic heterocycles. The van der Waals surface area contributed by atoms with E-state index in [0.717, 1.165) is 25.9 Å². The number of nitrogens with zero attached hydrogens (tertiary/aromatic N) is 1. The number of halogens is 2.